The van der Waals surface area contributed by atoms with Crippen molar-refractivity contribution >= 4 is 28.8 Å². The molecule has 9 nitrogen and oxygen atoms in total. The van der Waals surface area contributed by atoms with Crippen LogP contribution in [-0.4, -0.2) is 79.1 Å². The van der Waals surface area contributed by atoms with Crippen LogP contribution in [0.5, 0.6) is 5.75 Å². The molecule has 0 spiro atoms. The molecule has 1 aromatic heterocycles. The highest BCUT2D eigenvalue weighted by Crippen LogP contribution is 2.21. The number of piperazine rings is 1. The first-order chi connectivity index (χ1) is 14.0. The van der Waals surface area contributed by atoms with Gasteiger partial charge in [0.2, 0.25) is 5.91 Å². The summed E-state index contributed by atoms with van der Waals surface area (Å²) < 4.78 is 10.2. The molecule has 2 aromatic rings. The number of H-pyrrole nitrogens is 1. The summed E-state index contributed by atoms with van der Waals surface area (Å²) in [7, 11) is 1.59. The van der Waals surface area contributed by atoms with Crippen molar-refractivity contribution in [1.82, 2.24) is 20.1 Å². The summed E-state index contributed by atoms with van der Waals surface area (Å²) in [6, 6.07) is 7.30. The van der Waals surface area contributed by atoms with Crippen LogP contribution in [0.4, 0.5) is 4.79 Å². The number of aromatic nitrogens is 1. The largest absolute Gasteiger partial charge is 0.497 e. The molecule has 1 saturated heterocycles. The Morgan fingerprint density at radius 2 is 1.83 bits per heavy atom. The smallest absolute Gasteiger partial charge is 0.409 e. The van der Waals surface area contributed by atoms with Gasteiger partial charge in [0, 0.05) is 56.1 Å². The number of nitrogens with zero attached hydrogens (tertiary/aromatic N) is 2. The topological polar surface area (TPSA) is 104 Å². The first-order valence-corrected chi connectivity index (χ1v) is 9.66. The highest BCUT2D eigenvalue weighted by molar-refractivity contribution is 5.98. The highest BCUT2D eigenvalue weighted by Gasteiger charge is 2.24. The van der Waals surface area contributed by atoms with Gasteiger partial charge in [-0.15, -0.1) is 0 Å². The Balaban J connectivity index is 1.44. The minimum Gasteiger partial charge on any atom is -0.497 e. The Kier molecular flexibility index (Phi) is 6.58. The second-order valence-electron chi connectivity index (χ2n) is 6.71. The Labute approximate surface area is 168 Å². The third-order valence-electron chi connectivity index (χ3n) is 4.86. The van der Waals surface area contributed by atoms with E-state index < -0.39 is 0 Å². The van der Waals surface area contributed by atoms with Gasteiger partial charge >= 0.3 is 6.09 Å². The molecule has 3 rings (SSSR count). The fourth-order valence-corrected chi connectivity index (χ4v) is 3.24. The Morgan fingerprint density at radius 1 is 1.10 bits per heavy atom. The maximum Gasteiger partial charge on any atom is 0.409 e. The minimum absolute atomic E-state index is 0.0461. The van der Waals surface area contributed by atoms with Crippen LogP contribution >= 0.6 is 0 Å². The summed E-state index contributed by atoms with van der Waals surface area (Å²) >= 11 is 0. The van der Waals surface area contributed by atoms with Gasteiger partial charge < -0.3 is 29.6 Å². The number of amides is 3. The first kappa shape index (κ1) is 20.5. The fourth-order valence-electron chi connectivity index (χ4n) is 3.24. The summed E-state index contributed by atoms with van der Waals surface area (Å²) in [4.78, 5) is 42.8. The number of carbonyl (C=O) groups excluding carboxylic acids is 3. The number of fused-ring (bicyclic) bond motifs is 1. The molecule has 1 aromatic carbocycles. The number of aromatic amines is 1. The van der Waals surface area contributed by atoms with Crippen molar-refractivity contribution in [3.05, 3.63) is 30.0 Å². The molecule has 0 radical (unpaired) electrons. The van der Waals surface area contributed by atoms with Crippen LogP contribution in [0.2, 0.25) is 0 Å². The summed E-state index contributed by atoms with van der Waals surface area (Å²) in [5.74, 6) is 0.398. The molecule has 9 heteroatoms. The summed E-state index contributed by atoms with van der Waals surface area (Å²) in [5.41, 5.74) is 1.24. The van der Waals surface area contributed by atoms with Gasteiger partial charge in [-0.3, -0.25) is 9.59 Å². The molecule has 0 saturated carbocycles. The number of hydrogen-bond donors (Lipinski definition) is 2. The molecule has 3 amide bonds. The van der Waals surface area contributed by atoms with E-state index in [1.807, 2.05) is 18.2 Å². The molecule has 1 aliphatic heterocycles. The number of hydrogen-bond acceptors (Lipinski definition) is 5. The quantitative estimate of drug-likeness (QED) is 0.764. The summed E-state index contributed by atoms with van der Waals surface area (Å²) in [5, 5.41) is 3.68. The molecular formula is C20H26N4O5. The van der Waals surface area contributed by atoms with Crippen LogP contribution in [0.3, 0.4) is 0 Å². The second-order valence-corrected chi connectivity index (χ2v) is 6.71. The van der Waals surface area contributed by atoms with E-state index in [1.54, 1.807) is 29.9 Å². The lowest BCUT2D eigenvalue weighted by Gasteiger charge is -2.34. The van der Waals surface area contributed by atoms with E-state index in [4.69, 9.17) is 9.47 Å². The van der Waals surface area contributed by atoms with Crippen LogP contribution in [0.1, 0.15) is 23.8 Å². The average Bonchev–Trinajstić information content (AvgIpc) is 3.17. The van der Waals surface area contributed by atoms with Crippen LogP contribution in [0, 0.1) is 0 Å². The number of carbonyl (C=O) groups is 3. The van der Waals surface area contributed by atoms with Crippen LogP contribution < -0.4 is 10.1 Å². The third kappa shape index (κ3) is 4.98. The molecule has 0 atom stereocenters. The Hall–Kier alpha value is -3.23. The minimum atomic E-state index is -0.345. The van der Waals surface area contributed by atoms with E-state index in [2.05, 4.69) is 10.3 Å². The van der Waals surface area contributed by atoms with E-state index >= 15 is 0 Å². The van der Waals surface area contributed by atoms with E-state index in [1.165, 1.54) is 0 Å². The van der Waals surface area contributed by atoms with Crippen molar-refractivity contribution in [2.24, 2.45) is 0 Å². The molecule has 0 bridgehead atoms. The van der Waals surface area contributed by atoms with E-state index in [0.29, 0.717) is 44.2 Å². The van der Waals surface area contributed by atoms with Gasteiger partial charge in [0.15, 0.2) is 0 Å². The van der Waals surface area contributed by atoms with Crippen molar-refractivity contribution in [2.45, 2.75) is 13.3 Å². The third-order valence-corrected chi connectivity index (χ3v) is 4.86. The lowest BCUT2D eigenvalue weighted by molar-refractivity contribution is -0.132. The molecule has 0 unspecified atom stereocenters. The number of ether oxygens (including phenoxy) is 2. The monoisotopic (exact) mass is 402 g/mol. The van der Waals surface area contributed by atoms with Gasteiger partial charge in [-0.05, 0) is 25.1 Å². The maximum atomic E-state index is 12.3. The van der Waals surface area contributed by atoms with Crippen LogP contribution in [-0.2, 0) is 9.53 Å². The molecule has 29 heavy (non-hydrogen) atoms. The first-order valence-electron chi connectivity index (χ1n) is 9.66. The van der Waals surface area contributed by atoms with Crippen molar-refractivity contribution in [1.29, 1.82) is 0 Å². The SMILES string of the molecule is CCOC(=O)N1CCN(C(=O)CCNC(=O)c2cc3ccc(OC)cc3[nH]2)CC1. The standard InChI is InChI=1S/C20H26N4O5/c1-3-29-20(27)24-10-8-23(9-11-24)18(25)6-7-21-19(26)17-12-14-4-5-15(28-2)13-16(14)22-17/h4-5,12-13,22H,3,6-11H2,1-2H3,(H,21,26). The van der Waals surface area contributed by atoms with E-state index in [-0.39, 0.29) is 30.9 Å². The number of methoxy groups -OCH3 is 1. The lowest BCUT2D eigenvalue weighted by atomic mass is 10.2. The lowest BCUT2D eigenvalue weighted by Crippen LogP contribution is -2.51. The fraction of sp³-hybridized carbons (Fsp3) is 0.450. The number of nitrogens with one attached hydrogen (secondary N) is 2. The van der Waals surface area contributed by atoms with Gasteiger partial charge in [0.25, 0.3) is 5.91 Å². The van der Waals surface area contributed by atoms with Gasteiger partial charge in [-0.2, -0.15) is 0 Å². The van der Waals surface area contributed by atoms with E-state index in [0.717, 1.165) is 10.9 Å². The van der Waals surface area contributed by atoms with Crippen molar-refractivity contribution in [3.63, 3.8) is 0 Å². The average molecular weight is 402 g/mol. The predicted molar refractivity (Wildman–Crippen MR) is 107 cm³/mol. The highest BCUT2D eigenvalue weighted by atomic mass is 16.6. The molecule has 156 valence electrons. The Bertz CT molecular complexity index is 886. The van der Waals surface area contributed by atoms with Crippen molar-refractivity contribution in [2.75, 3.05) is 46.4 Å². The normalized spacial score (nSPS) is 14.0. The summed E-state index contributed by atoms with van der Waals surface area (Å²) in [6.07, 6.45) is -0.137. The number of rotatable bonds is 6. The van der Waals surface area contributed by atoms with Gasteiger partial charge in [0.1, 0.15) is 11.4 Å². The van der Waals surface area contributed by atoms with E-state index in [9.17, 15) is 14.4 Å². The zero-order chi connectivity index (χ0) is 20.8. The number of benzene rings is 1. The van der Waals surface area contributed by atoms with Crippen molar-refractivity contribution < 1.29 is 23.9 Å². The molecule has 2 heterocycles. The van der Waals surface area contributed by atoms with Gasteiger partial charge in [-0.1, -0.05) is 0 Å². The maximum absolute atomic E-state index is 12.3. The zero-order valence-electron chi connectivity index (χ0n) is 16.7. The summed E-state index contributed by atoms with van der Waals surface area (Å²) in [6.45, 7) is 4.19. The molecule has 2 N–H and O–H groups in total. The van der Waals surface area contributed by atoms with Crippen molar-refractivity contribution in [3.8, 4) is 5.75 Å². The molecule has 0 aliphatic carbocycles. The zero-order valence-corrected chi connectivity index (χ0v) is 16.7. The predicted octanol–water partition coefficient (Wildman–Crippen LogP) is 1.60. The molecular weight excluding hydrogens is 376 g/mol. The molecule has 1 aliphatic rings. The van der Waals surface area contributed by atoms with Crippen LogP contribution in [0.25, 0.3) is 10.9 Å². The Morgan fingerprint density at radius 3 is 2.52 bits per heavy atom. The van der Waals surface area contributed by atoms with Crippen LogP contribution in [0.15, 0.2) is 24.3 Å². The van der Waals surface area contributed by atoms with Gasteiger partial charge in [0.05, 0.1) is 13.7 Å². The van der Waals surface area contributed by atoms with Gasteiger partial charge in [-0.25, -0.2) is 4.79 Å². The molecule has 1 fully saturated rings. The second kappa shape index (κ2) is 9.31.